The summed E-state index contributed by atoms with van der Waals surface area (Å²) in [5.74, 6) is 0.764. The lowest BCUT2D eigenvalue weighted by Crippen LogP contribution is -2.43. The van der Waals surface area contributed by atoms with Crippen LogP contribution in [0.2, 0.25) is 0 Å². The van der Waals surface area contributed by atoms with Crippen LogP contribution < -0.4 is 0 Å². The fourth-order valence-corrected chi connectivity index (χ4v) is 4.83. The molecule has 2 bridgehead atoms. The summed E-state index contributed by atoms with van der Waals surface area (Å²) in [6.45, 7) is 5.55. The highest BCUT2D eigenvalue weighted by Gasteiger charge is 2.34. The highest BCUT2D eigenvalue weighted by Crippen LogP contribution is 2.30. The molecule has 5 heterocycles. The number of hydrogen-bond acceptors (Lipinski definition) is 4. The quantitative estimate of drug-likeness (QED) is 0.711. The lowest BCUT2D eigenvalue weighted by molar-refractivity contribution is 0.123. The molecular weight excluding hydrogens is 332 g/mol. The van der Waals surface area contributed by atoms with Gasteiger partial charge in [-0.05, 0) is 48.6 Å². The Labute approximate surface area is 160 Å². The van der Waals surface area contributed by atoms with Gasteiger partial charge in [-0.3, -0.25) is 19.8 Å². The van der Waals surface area contributed by atoms with Crippen LogP contribution in [0.5, 0.6) is 0 Å². The summed E-state index contributed by atoms with van der Waals surface area (Å²) in [6.07, 6.45) is 6.53. The van der Waals surface area contributed by atoms with Crippen molar-refractivity contribution in [1.82, 2.24) is 19.8 Å². The number of para-hydroxylation sites is 1. The Kier molecular flexibility index (Phi) is 4.60. The number of pyridine rings is 2. The van der Waals surface area contributed by atoms with Crippen LogP contribution in [0.1, 0.15) is 24.1 Å². The third kappa shape index (κ3) is 3.60. The second kappa shape index (κ2) is 7.37. The van der Waals surface area contributed by atoms with Crippen molar-refractivity contribution in [2.45, 2.75) is 32.0 Å². The molecule has 0 radical (unpaired) electrons. The second-order valence-corrected chi connectivity index (χ2v) is 8.03. The van der Waals surface area contributed by atoms with Crippen LogP contribution in [0.15, 0.2) is 60.9 Å². The first-order valence-corrected chi connectivity index (χ1v) is 10.0. The molecule has 3 fully saturated rings. The molecule has 4 nitrogen and oxygen atoms in total. The Hall–Kier alpha value is -2.30. The minimum Gasteiger partial charge on any atom is -0.296 e. The van der Waals surface area contributed by atoms with Crippen molar-refractivity contribution in [2.24, 2.45) is 5.92 Å². The molecule has 0 N–H and O–H groups in total. The molecule has 3 aliphatic rings. The molecule has 0 unspecified atom stereocenters. The van der Waals surface area contributed by atoms with E-state index in [4.69, 9.17) is 0 Å². The predicted molar refractivity (Wildman–Crippen MR) is 108 cm³/mol. The van der Waals surface area contributed by atoms with Gasteiger partial charge < -0.3 is 0 Å². The second-order valence-electron chi connectivity index (χ2n) is 8.03. The molecule has 2 atom stereocenters. The average molecular weight is 358 g/mol. The maximum atomic E-state index is 4.53. The summed E-state index contributed by atoms with van der Waals surface area (Å²) in [7, 11) is 0. The van der Waals surface area contributed by atoms with E-state index in [0.29, 0.717) is 6.04 Å². The van der Waals surface area contributed by atoms with E-state index in [2.05, 4.69) is 62.2 Å². The molecule has 2 aromatic heterocycles. The number of piperidine rings is 1. The van der Waals surface area contributed by atoms with E-state index in [9.17, 15) is 0 Å². The van der Waals surface area contributed by atoms with Gasteiger partial charge in [0, 0.05) is 56.5 Å². The molecule has 6 rings (SSSR count). The zero-order valence-corrected chi connectivity index (χ0v) is 15.7. The minimum absolute atomic E-state index is 0.638. The van der Waals surface area contributed by atoms with Gasteiger partial charge in [-0.2, -0.15) is 0 Å². The number of hydrogen-bond donors (Lipinski definition) is 0. The third-order valence-electron chi connectivity index (χ3n) is 6.13. The number of aromatic nitrogens is 2. The Morgan fingerprint density at radius 2 is 1.74 bits per heavy atom. The molecule has 0 spiro atoms. The normalized spacial score (nSPS) is 23.6. The largest absolute Gasteiger partial charge is 0.296 e. The average Bonchev–Trinajstić information content (AvgIpc) is 3.00. The van der Waals surface area contributed by atoms with Crippen LogP contribution in [0.4, 0.5) is 0 Å². The van der Waals surface area contributed by atoms with E-state index < -0.39 is 0 Å². The van der Waals surface area contributed by atoms with E-state index in [1.165, 1.54) is 42.6 Å². The Balaban J connectivity index is 1.34. The molecule has 3 aromatic rings. The molecule has 3 saturated heterocycles. The maximum absolute atomic E-state index is 4.53. The Morgan fingerprint density at radius 1 is 0.815 bits per heavy atom. The molecule has 4 heteroatoms. The Bertz CT molecular complexity index is 905. The first-order chi connectivity index (χ1) is 13.3. The topological polar surface area (TPSA) is 32.3 Å². The van der Waals surface area contributed by atoms with Crippen LogP contribution in [0.3, 0.4) is 0 Å². The van der Waals surface area contributed by atoms with Gasteiger partial charge in [-0.25, -0.2) is 0 Å². The van der Waals surface area contributed by atoms with E-state index in [0.717, 1.165) is 31.1 Å². The highest BCUT2D eigenvalue weighted by molar-refractivity contribution is 5.81. The van der Waals surface area contributed by atoms with Crippen molar-refractivity contribution < 1.29 is 0 Å². The van der Waals surface area contributed by atoms with Gasteiger partial charge in [0.1, 0.15) is 0 Å². The van der Waals surface area contributed by atoms with Gasteiger partial charge in [-0.15, -0.1) is 0 Å². The van der Waals surface area contributed by atoms with Crippen LogP contribution in [-0.4, -0.2) is 45.4 Å². The molecule has 27 heavy (non-hydrogen) atoms. The van der Waals surface area contributed by atoms with Crippen LogP contribution in [-0.2, 0) is 13.1 Å². The summed E-state index contributed by atoms with van der Waals surface area (Å²) < 4.78 is 0. The summed E-state index contributed by atoms with van der Waals surface area (Å²) in [5, 5.41) is 1.30. The summed E-state index contributed by atoms with van der Waals surface area (Å²) in [6, 6.07) is 17.6. The molecule has 0 saturated carbocycles. The van der Waals surface area contributed by atoms with Crippen LogP contribution >= 0.6 is 0 Å². The van der Waals surface area contributed by atoms with Crippen molar-refractivity contribution in [3.05, 3.63) is 72.2 Å². The lowest BCUT2D eigenvalue weighted by atomic mass is 9.94. The predicted octanol–water partition coefficient (Wildman–Crippen LogP) is 3.73. The van der Waals surface area contributed by atoms with E-state index in [-0.39, 0.29) is 0 Å². The summed E-state index contributed by atoms with van der Waals surface area (Å²) >= 11 is 0. The molecule has 0 aliphatic carbocycles. The van der Waals surface area contributed by atoms with Gasteiger partial charge >= 0.3 is 0 Å². The smallest absolute Gasteiger partial charge is 0.0705 e. The number of nitrogens with zero attached hydrogens (tertiary/aromatic N) is 4. The van der Waals surface area contributed by atoms with Gasteiger partial charge in [0.2, 0.25) is 0 Å². The number of benzene rings is 1. The van der Waals surface area contributed by atoms with Gasteiger partial charge in [0.15, 0.2) is 0 Å². The lowest BCUT2D eigenvalue weighted by Gasteiger charge is -2.36. The van der Waals surface area contributed by atoms with E-state index in [1.807, 2.05) is 18.5 Å². The fourth-order valence-electron chi connectivity index (χ4n) is 4.83. The molecular formula is C23H26N4. The van der Waals surface area contributed by atoms with Crippen molar-refractivity contribution in [2.75, 3.05) is 19.6 Å². The summed E-state index contributed by atoms with van der Waals surface area (Å²) in [4.78, 5) is 14.4. The minimum atomic E-state index is 0.638. The highest BCUT2D eigenvalue weighted by atomic mass is 15.3. The zero-order chi connectivity index (χ0) is 18.1. The van der Waals surface area contributed by atoms with Gasteiger partial charge in [0.05, 0.1) is 11.2 Å². The van der Waals surface area contributed by atoms with Crippen LogP contribution in [0, 0.1) is 5.92 Å². The molecule has 0 amide bonds. The Morgan fingerprint density at radius 3 is 2.67 bits per heavy atom. The van der Waals surface area contributed by atoms with Crippen molar-refractivity contribution in [1.29, 1.82) is 0 Å². The van der Waals surface area contributed by atoms with Gasteiger partial charge in [-0.1, -0.05) is 24.3 Å². The van der Waals surface area contributed by atoms with E-state index in [1.54, 1.807) is 0 Å². The standard InChI is InChI=1S/C23H26N4/c1-2-7-23-22(6-1)19(10-12-25-23)15-27-14-18-8-9-21(27)17-26(13-18)16-20-5-3-4-11-24-20/h1-7,10-12,18,21H,8-9,13-17H2/t18-,21+/m1/s1. The van der Waals surface area contributed by atoms with Crippen LogP contribution in [0.25, 0.3) is 10.9 Å². The van der Waals surface area contributed by atoms with Crippen molar-refractivity contribution >= 4 is 10.9 Å². The monoisotopic (exact) mass is 358 g/mol. The first kappa shape index (κ1) is 16.8. The third-order valence-corrected chi connectivity index (χ3v) is 6.13. The van der Waals surface area contributed by atoms with Gasteiger partial charge in [0.25, 0.3) is 0 Å². The zero-order valence-electron chi connectivity index (χ0n) is 15.7. The van der Waals surface area contributed by atoms with Crippen molar-refractivity contribution in [3.8, 4) is 0 Å². The molecule has 138 valence electrons. The number of rotatable bonds is 4. The first-order valence-electron chi connectivity index (χ1n) is 10.0. The summed E-state index contributed by atoms with van der Waals surface area (Å²) in [5.41, 5.74) is 3.70. The number of fused-ring (bicyclic) bond motifs is 5. The fraction of sp³-hybridized carbons (Fsp3) is 0.391. The maximum Gasteiger partial charge on any atom is 0.0705 e. The molecule has 3 aliphatic heterocycles. The van der Waals surface area contributed by atoms with E-state index >= 15 is 0 Å². The SMILES string of the molecule is c1ccc(CN2C[C@H]3CC[C@@H](C2)N(Cc2ccnc4ccccc24)C3)nc1. The van der Waals surface area contributed by atoms with Crippen molar-refractivity contribution in [3.63, 3.8) is 0 Å². The molecule has 1 aromatic carbocycles.